The summed E-state index contributed by atoms with van der Waals surface area (Å²) in [5, 5.41) is 8.98. The van der Waals surface area contributed by atoms with E-state index in [2.05, 4.69) is 24.2 Å². The molecule has 2 aromatic rings. The maximum atomic E-state index is 14.6. The van der Waals surface area contributed by atoms with Crippen LogP contribution in [0.3, 0.4) is 0 Å². The first-order valence-corrected chi connectivity index (χ1v) is 16.5. The number of piperidine rings is 1. The topological polar surface area (TPSA) is 110 Å². The Kier molecular flexibility index (Phi) is 11.6. The molecule has 2 aliphatic heterocycles. The van der Waals surface area contributed by atoms with Crippen molar-refractivity contribution in [2.75, 3.05) is 46.4 Å². The zero-order valence-corrected chi connectivity index (χ0v) is 28.3. The van der Waals surface area contributed by atoms with Gasteiger partial charge in [-0.15, -0.1) is 5.10 Å². The molecule has 0 bridgehead atoms. The molecule has 11 nitrogen and oxygen atoms in total. The van der Waals surface area contributed by atoms with Crippen molar-refractivity contribution in [1.29, 1.82) is 0 Å². The van der Waals surface area contributed by atoms with Crippen molar-refractivity contribution < 1.29 is 23.9 Å². The summed E-state index contributed by atoms with van der Waals surface area (Å²) >= 11 is 0. The molecule has 248 valence electrons. The lowest BCUT2D eigenvalue weighted by atomic mass is 9.91. The minimum atomic E-state index is -0.683. The fraction of sp³-hybridized carbons (Fsp3) is 0.676. The van der Waals surface area contributed by atoms with E-state index in [4.69, 9.17) is 9.47 Å². The number of benzene rings is 1. The predicted molar refractivity (Wildman–Crippen MR) is 172 cm³/mol. The highest BCUT2D eigenvalue weighted by Gasteiger charge is 2.42. The van der Waals surface area contributed by atoms with Crippen LogP contribution in [0, 0.1) is 18.8 Å². The van der Waals surface area contributed by atoms with Gasteiger partial charge in [0.1, 0.15) is 5.60 Å². The first-order valence-electron chi connectivity index (χ1n) is 16.5. The molecule has 1 aromatic heterocycles. The smallest absolute Gasteiger partial charge is 0.410 e. The lowest BCUT2D eigenvalue weighted by Gasteiger charge is -2.43. The molecule has 0 radical (unpaired) electrons. The van der Waals surface area contributed by atoms with Crippen LogP contribution in [-0.4, -0.2) is 106 Å². The molecule has 2 saturated heterocycles. The van der Waals surface area contributed by atoms with E-state index < -0.39 is 17.6 Å². The number of hydrogen-bond acceptors (Lipinski definition) is 7. The van der Waals surface area contributed by atoms with Gasteiger partial charge in [-0.05, 0) is 83.8 Å². The van der Waals surface area contributed by atoms with Gasteiger partial charge in [-0.3, -0.25) is 9.59 Å². The summed E-state index contributed by atoms with van der Waals surface area (Å²) in [5.41, 5.74) is 2.29. The monoisotopic (exact) mass is 624 g/mol. The summed E-state index contributed by atoms with van der Waals surface area (Å²) < 4.78 is 12.8. The van der Waals surface area contributed by atoms with E-state index in [1.807, 2.05) is 61.8 Å². The minimum Gasteiger partial charge on any atom is -0.444 e. The fourth-order valence-corrected chi connectivity index (χ4v) is 6.30. The summed E-state index contributed by atoms with van der Waals surface area (Å²) in [6.45, 7) is 14.8. The lowest BCUT2D eigenvalue weighted by molar-refractivity contribution is -0.137. The highest BCUT2D eigenvalue weighted by molar-refractivity contribution is 5.94. The quantitative estimate of drug-likeness (QED) is 0.328. The van der Waals surface area contributed by atoms with Crippen molar-refractivity contribution in [3.05, 3.63) is 41.2 Å². The third-order valence-electron chi connectivity index (χ3n) is 8.43. The van der Waals surface area contributed by atoms with Gasteiger partial charge < -0.3 is 24.2 Å². The Morgan fingerprint density at radius 3 is 2.40 bits per heavy atom. The summed E-state index contributed by atoms with van der Waals surface area (Å²) in [6, 6.07) is 7.54. The molecule has 4 rings (SSSR count). The van der Waals surface area contributed by atoms with Crippen LogP contribution >= 0.6 is 0 Å². The van der Waals surface area contributed by atoms with E-state index in [1.165, 1.54) is 0 Å². The van der Waals surface area contributed by atoms with Gasteiger partial charge >= 0.3 is 6.09 Å². The van der Waals surface area contributed by atoms with E-state index >= 15 is 0 Å². The van der Waals surface area contributed by atoms with Crippen molar-refractivity contribution in [3.63, 3.8) is 0 Å². The molecule has 1 unspecified atom stereocenters. The van der Waals surface area contributed by atoms with Crippen LogP contribution in [0.15, 0.2) is 24.3 Å². The van der Waals surface area contributed by atoms with E-state index in [-0.39, 0.29) is 36.9 Å². The van der Waals surface area contributed by atoms with E-state index in [0.29, 0.717) is 31.7 Å². The Morgan fingerprint density at radius 1 is 1.04 bits per heavy atom. The minimum absolute atomic E-state index is 0.0482. The Hall–Kier alpha value is -3.47. The number of aromatic nitrogens is 3. The van der Waals surface area contributed by atoms with Crippen LogP contribution < -0.4 is 0 Å². The number of aryl methyl sites for hydroxylation is 1. The lowest BCUT2D eigenvalue weighted by Crippen LogP contribution is -2.58. The van der Waals surface area contributed by atoms with E-state index in [9.17, 15) is 14.4 Å². The molecule has 1 aromatic carbocycles. The zero-order chi connectivity index (χ0) is 32.7. The standard InChI is InChI=1S/C34H52N6O5/c1-24(2)21-39(27-20-26(31(41)37-17-11-12-18-37)22-38(23-27)33(43)45-34(4,5)6)32(42)30-29(16-10-13-19-44-7)40(36-35-30)28-15-9-8-14-25(28)3/h8-9,14-15,24,26-27H,10-13,16-23H2,1-7H3/t26?,27-/m0/s1. The zero-order valence-electron chi connectivity index (χ0n) is 28.3. The Balaban J connectivity index is 1.70. The van der Waals surface area contributed by atoms with Gasteiger partial charge in [-0.1, -0.05) is 37.3 Å². The van der Waals surface area contributed by atoms with Crippen molar-refractivity contribution >= 4 is 17.9 Å². The molecule has 3 heterocycles. The molecule has 0 saturated carbocycles. The normalized spacial score (nSPS) is 18.8. The van der Waals surface area contributed by atoms with Crippen LogP contribution in [0.4, 0.5) is 4.79 Å². The molecule has 0 N–H and O–H groups in total. The Morgan fingerprint density at radius 2 is 1.76 bits per heavy atom. The fourth-order valence-electron chi connectivity index (χ4n) is 6.30. The van der Waals surface area contributed by atoms with Gasteiger partial charge in [0, 0.05) is 46.4 Å². The van der Waals surface area contributed by atoms with Crippen LogP contribution in [0.5, 0.6) is 0 Å². The summed E-state index contributed by atoms with van der Waals surface area (Å²) in [6.07, 6.45) is 4.23. The molecule has 2 fully saturated rings. The number of para-hydroxylation sites is 1. The number of methoxy groups -OCH3 is 1. The molecule has 11 heteroatoms. The largest absolute Gasteiger partial charge is 0.444 e. The molecule has 0 spiro atoms. The second-order valence-corrected chi connectivity index (χ2v) is 13.9. The van der Waals surface area contributed by atoms with Crippen LogP contribution in [0.1, 0.15) is 88.5 Å². The average Bonchev–Trinajstić information content (AvgIpc) is 3.67. The number of ether oxygens (including phenoxy) is 2. The number of rotatable bonds is 11. The van der Waals surface area contributed by atoms with Gasteiger partial charge in [0.25, 0.3) is 5.91 Å². The van der Waals surface area contributed by atoms with Gasteiger partial charge in [0.2, 0.25) is 5.91 Å². The first-order chi connectivity index (χ1) is 21.4. The highest BCUT2D eigenvalue weighted by atomic mass is 16.6. The maximum Gasteiger partial charge on any atom is 0.410 e. The van der Waals surface area contributed by atoms with Crippen molar-refractivity contribution in [1.82, 2.24) is 29.7 Å². The molecular formula is C34H52N6O5. The molecule has 2 atom stereocenters. The number of carbonyl (C=O) groups is 3. The van der Waals surface area contributed by atoms with Gasteiger partial charge in [0.15, 0.2) is 5.69 Å². The first kappa shape index (κ1) is 34.4. The van der Waals surface area contributed by atoms with Crippen molar-refractivity contribution in [2.24, 2.45) is 11.8 Å². The van der Waals surface area contributed by atoms with Gasteiger partial charge in [-0.25, -0.2) is 9.48 Å². The SMILES string of the molecule is COCCCCc1c(C(=O)N(CC(C)C)[C@H]2CC(C(=O)N3CCCC3)CN(C(=O)OC(C)(C)C)C2)nnn1-c1ccccc1C. The number of hydrogen-bond donors (Lipinski definition) is 0. The van der Waals surface area contributed by atoms with Gasteiger partial charge in [-0.2, -0.15) is 0 Å². The molecule has 0 aliphatic carbocycles. The molecule has 3 amide bonds. The third-order valence-corrected chi connectivity index (χ3v) is 8.43. The van der Waals surface area contributed by atoms with Crippen molar-refractivity contribution in [2.45, 2.75) is 91.7 Å². The number of unbranched alkanes of at least 4 members (excludes halogenated alkanes) is 1. The Labute approximate surface area is 268 Å². The predicted octanol–water partition coefficient (Wildman–Crippen LogP) is 4.89. The van der Waals surface area contributed by atoms with Crippen LogP contribution in [0.25, 0.3) is 5.69 Å². The van der Waals surface area contributed by atoms with E-state index in [1.54, 1.807) is 16.7 Å². The number of carbonyl (C=O) groups excluding carboxylic acids is 3. The number of nitrogens with zero attached hydrogens (tertiary/aromatic N) is 6. The highest BCUT2D eigenvalue weighted by Crippen LogP contribution is 2.29. The summed E-state index contributed by atoms with van der Waals surface area (Å²) in [7, 11) is 1.68. The van der Waals surface area contributed by atoms with Crippen LogP contribution in [-0.2, 0) is 20.7 Å². The average molecular weight is 625 g/mol. The molecular weight excluding hydrogens is 572 g/mol. The summed E-state index contributed by atoms with van der Waals surface area (Å²) in [5.74, 6) is -0.455. The van der Waals surface area contributed by atoms with Crippen molar-refractivity contribution in [3.8, 4) is 5.69 Å². The summed E-state index contributed by atoms with van der Waals surface area (Å²) in [4.78, 5) is 47.1. The number of amides is 3. The second kappa shape index (κ2) is 15.2. The molecule has 45 heavy (non-hydrogen) atoms. The van der Waals surface area contributed by atoms with Crippen LogP contribution in [0.2, 0.25) is 0 Å². The van der Waals surface area contributed by atoms with E-state index in [0.717, 1.165) is 55.7 Å². The Bertz CT molecular complexity index is 1310. The second-order valence-electron chi connectivity index (χ2n) is 13.9. The number of likely N-dealkylation sites (tertiary alicyclic amines) is 2. The maximum absolute atomic E-state index is 14.6. The molecule has 2 aliphatic rings. The third kappa shape index (κ3) is 8.83. The van der Waals surface area contributed by atoms with Gasteiger partial charge in [0.05, 0.1) is 23.3 Å².